The largest absolute Gasteiger partial charge is 0.377 e. The Hall–Kier alpha value is -2.69. The summed E-state index contributed by atoms with van der Waals surface area (Å²) in [6.45, 7) is 0.320. The van der Waals surface area contributed by atoms with Crippen LogP contribution in [0.5, 0.6) is 0 Å². The van der Waals surface area contributed by atoms with Crippen LogP contribution in [0, 0.1) is 11.6 Å². The molecule has 0 radical (unpaired) electrons. The third kappa shape index (κ3) is 2.91. The van der Waals surface area contributed by atoms with Crippen molar-refractivity contribution in [2.75, 3.05) is 5.32 Å². The van der Waals surface area contributed by atoms with Gasteiger partial charge in [0.05, 0.1) is 23.6 Å². The Morgan fingerprint density at radius 1 is 0.952 bits per heavy atom. The summed E-state index contributed by atoms with van der Waals surface area (Å²) in [5.74, 6) is -1.74. The summed E-state index contributed by atoms with van der Waals surface area (Å²) in [6, 6.07) is 15.5. The van der Waals surface area contributed by atoms with Gasteiger partial charge in [-0.15, -0.1) is 0 Å². The number of rotatable bonds is 4. The van der Waals surface area contributed by atoms with Gasteiger partial charge in [-0.3, -0.25) is 0 Å². The lowest BCUT2D eigenvalue weighted by Crippen LogP contribution is -2.04. The molecular formula is C16H13F2N3. The summed E-state index contributed by atoms with van der Waals surface area (Å²) < 4.78 is 28.3. The van der Waals surface area contributed by atoms with Gasteiger partial charge >= 0.3 is 0 Å². The highest BCUT2D eigenvalue weighted by atomic mass is 19.2. The van der Waals surface area contributed by atoms with Gasteiger partial charge in [0.1, 0.15) is 0 Å². The lowest BCUT2D eigenvalue weighted by Gasteiger charge is -2.06. The summed E-state index contributed by atoms with van der Waals surface area (Å²) in [7, 11) is 0. The molecular weight excluding hydrogens is 272 g/mol. The van der Waals surface area contributed by atoms with Crippen molar-refractivity contribution in [3.63, 3.8) is 0 Å². The smallest absolute Gasteiger partial charge is 0.181 e. The van der Waals surface area contributed by atoms with Gasteiger partial charge in [-0.2, -0.15) is 5.10 Å². The number of hydrogen-bond acceptors (Lipinski definition) is 2. The van der Waals surface area contributed by atoms with Crippen LogP contribution in [-0.2, 0) is 6.54 Å². The van der Waals surface area contributed by atoms with E-state index in [0.29, 0.717) is 6.54 Å². The molecule has 1 aromatic heterocycles. The number of para-hydroxylation sites is 1. The van der Waals surface area contributed by atoms with Crippen LogP contribution < -0.4 is 5.32 Å². The Kier molecular flexibility index (Phi) is 3.64. The van der Waals surface area contributed by atoms with Crippen LogP contribution in [0.3, 0.4) is 0 Å². The fourth-order valence-corrected chi connectivity index (χ4v) is 2.01. The fraction of sp³-hybridized carbons (Fsp3) is 0.0625. The van der Waals surface area contributed by atoms with Crippen molar-refractivity contribution in [3.8, 4) is 5.69 Å². The highest BCUT2D eigenvalue weighted by molar-refractivity contribution is 5.45. The number of nitrogens with one attached hydrogen (secondary N) is 1. The molecule has 0 unspecified atom stereocenters. The maximum atomic E-state index is 13.5. The fourth-order valence-electron chi connectivity index (χ4n) is 2.01. The van der Waals surface area contributed by atoms with E-state index in [9.17, 15) is 8.78 Å². The van der Waals surface area contributed by atoms with Crippen LogP contribution in [0.4, 0.5) is 14.5 Å². The van der Waals surface area contributed by atoms with E-state index in [-0.39, 0.29) is 5.69 Å². The molecule has 0 aliphatic rings. The Balaban J connectivity index is 1.72. The minimum Gasteiger partial charge on any atom is -0.377 e. The summed E-state index contributed by atoms with van der Waals surface area (Å²) >= 11 is 0. The average molecular weight is 285 g/mol. The zero-order valence-electron chi connectivity index (χ0n) is 11.1. The van der Waals surface area contributed by atoms with Crippen molar-refractivity contribution in [1.82, 2.24) is 9.78 Å². The van der Waals surface area contributed by atoms with Gasteiger partial charge in [0, 0.05) is 6.20 Å². The van der Waals surface area contributed by atoms with Crippen molar-refractivity contribution in [2.45, 2.75) is 6.54 Å². The van der Waals surface area contributed by atoms with E-state index in [4.69, 9.17) is 0 Å². The number of nitrogens with zero attached hydrogens (tertiary/aromatic N) is 2. The second-order valence-corrected chi connectivity index (χ2v) is 4.54. The molecule has 0 aliphatic carbocycles. The maximum absolute atomic E-state index is 13.5. The molecule has 5 heteroatoms. The van der Waals surface area contributed by atoms with Gasteiger partial charge < -0.3 is 5.32 Å². The number of hydrogen-bond donors (Lipinski definition) is 1. The normalized spacial score (nSPS) is 10.6. The molecule has 0 aliphatic heterocycles. The average Bonchev–Trinajstić information content (AvgIpc) is 2.99. The molecule has 1 heterocycles. The van der Waals surface area contributed by atoms with Crippen molar-refractivity contribution in [3.05, 3.63) is 78.1 Å². The van der Waals surface area contributed by atoms with Crippen LogP contribution >= 0.6 is 0 Å². The monoisotopic (exact) mass is 285 g/mol. The molecule has 0 saturated carbocycles. The number of aromatic nitrogens is 2. The molecule has 21 heavy (non-hydrogen) atoms. The van der Waals surface area contributed by atoms with Crippen LogP contribution in [0.1, 0.15) is 5.69 Å². The van der Waals surface area contributed by atoms with E-state index in [1.807, 2.05) is 42.6 Å². The minimum absolute atomic E-state index is 0.129. The van der Waals surface area contributed by atoms with Crippen LogP contribution in [0.2, 0.25) is 0 Å². The lowest BCUT2D eigenvalue weighted by molar-refractivity contribution is 0.511. The molecule has 0 saturated heterocycles. The molecule has 3 nitrogen and oxygen atoms in total. The quantitative estimate of drug-likeness (QED) is 0.791. The number of benzene rings is 2. The molecule has 3 aromatic rings. The van der Waals surface area contributed by atoms with Crippen molar-refractivity contribution in [1.29, 1.82) is 0 Å². The third-order valence-electron chi connectivity index (χ3n) is 3.08. The zero-order chi connectivity index (χ0) is 14.7. The third-order valence-corrected chi connectivity index (χ3v) is 3.08. The predicted molar refractivity (Wildman–Crippen MR) is 77.2 cm³/mol. The van der Waals surface area contributed by atoms with E-state index < -0.39 is 11.6 Å². The molecule has 0 atom stereocenters. The first-order chi connectivity index (χ1) is 10.2. The van der Waals surface area contributed by atoms with Crippen LogP contribution in [0.15, 0.2) is 60.8 Å². The van der Waals surface area contributed by atoms with Crippen LogP contribution in [-0.4, -0.2) is 9.78 Å². The highest BCUT2D eigenvalue weighted by Gasteiger charge is 2.07. The molecule has 2 aromatic carbocycles. The molecule has 0 bridgehead atoms. The molecule has 0 fully saturated rings. The maximum Gasteiger partial charge on any atom is 0.181 e. The minimum atomic E-state index is -0.875. The van der Waals surface area contributed by atoms with Gasteiger partial charge in [-0.1, -0.05) is 24.3 Å². The second kappa shape index (κ2) is 5.75. The Labute approximate surface area is 120 Å². The molecule has 106 valence electrons. The topological polar surface area (TPSA) is 29.9 Å². The highest BCUT2D eigenvalue weighted by Crippen LogP contribution is 2.17. The standard InChI is InChI=1S/C16H13F2N3/c17-14-7-4-8-15(16(14)18)19-11-12-9-10-21(20-12)13-5-2-1-3-6-13/h1-10,19H,11H2. The first-order valence-corrected chi connectivity index (χ1v) is 6.52. The Morgan fingerprint density at radius 3 is 2.57 bits per heavy atom. The van der Waals surface area contributed by atoms with E-state index in [1.165, 1.54) is 12.1 Å². The molecule has 0 amide bonds. The van der Waals surface area contributed by atoms with E-state index in [1.54, 1.807) is 4.68 Å². The predicted octanol–water partition coefficient (Wildman–Crippen LogP) is 3.76. The van der Waals surface area contributed by atoms with E-state index in [2.05, 4.69) is 10.4 Å². The van der Waals surface area contributed by atoms with Crippen molar-refractivity contribution in [2.24, 2.45) is 0 Å². The lowest BCUT2D eigenvalue weighted by atomic mass is 10.3. The zero-order valence-corrected chi connectivity index (χ0v) is 11.1. The summed E-state index contributed by atoms with van der Waals surface area (Å²) in [6.07, 6.45) is 1.83. The van der Waals surface area contributed by atoms with E-state index in [0.717, 1.165) is 17.4 Å². The van der Waals surface area contributed by atoms with Gasteiger partial charge in [-0.05, 0) is 30.3 Å². The first kappa shape index (κ1) is 13.3. The van der Waals surface area contributed by atoms with Gasteiger partial charge in [-0.25, -0.2) is 13.5 Å². The van der Waals surface area contributed by atoms with Crippen molar-refractivity contribution < 1.29 is 8.78 Å². The summed E-state index contributed by atoms with van der Waals surface area (Å²) in [5.41, 5.74) is 1.81. The number of halogens is 2. The van der Waals surface area contributed by atoms with Crippen molar-refractivity contribution >= 4 is 5.69 Å². The molecule has 0 spiro atoms. The number of anilines is 1. The molecule has 3 rings (SSSR count). The van der Waals surface area contributed by atoms with Gasteiger partial charge in [0.25, 0.3) is 0 Å². The Morgan fingerprint density at radius 2 is 1.76 bits per heavy atom. The van der Waals surface area contributed by atoms with Gasteiger partial charge in [0.2, 0.25) is 0 Å². The first-order valence-electron chi connectivity index (χ1n) is 6.52. The van der Waals surface area contributed by atoms with Crippen LogP contribution in [0.25, 0.3) is 5.69 Å². The van der Waals surface area contributed by atoms with E-state index >= 15 is 0 Å². The second-order valence-electron chi connectivity index (χ2n) is 4.54. The summed E-state index contributed by atoms with van der Waals surface area (Å²) in [5, 5.41) is 7.23. The Bertz CT molecular complexity index is 738. The SMILES string of the molecule is Fc1cccc(NCc2ccn(-c3ccccc3)n2)c1F. The summed E-state index contributed by atoms with van der Waals surface area (Å²) in [4.78, 5) is 0. The molecule has 1 N–H and O–H groups in total. The van der Waals surface area contributed by atoms with Gasteiger partial charge in [0.15, 0.2) is 11.6 Å².